The molecule has 1 amide bonds. The summed E-state index contributed by atoms with van der Waals surface area (Å²) in [6.07, 6.45) is 0.969. The monoisotopic (exact) mass is 409 g/mol. The SMILES string of the molecule is CC[C@@H](CNC(=O)[C@H](C)Sc1nnnn1-c1cc(C)ccc1C)c1ccccc1. The van der Waals surface area contributed by atoms with Crippen LogP contribution in [0, 0.1) is 13.8 Å². The molecule has 0 aliphatic carbocycles. The first kappa shape index (κ1) is 21.0. The number of hydrogen-bond acceptors (Lipinski definition) is 5. The first-order valence-corrected chi connectivity index (χ1v) is 10.7. The summed E-state index contributed by atoms with van der Waals surface area (Å²) in [6.45, 7) is 8.70. The minimum Gasteiger partial charge on any atom is -0.355 e. The molecule has 0 bridgehead atoms. The molecule has 0 aliphatic heterocycles. The number of aryl methyl sites for hydroxylation is 2. The van der Waals surface area contributed by atoms with Crippen molar-refractivity contribution in [1.29, 1.82) is 0 Å². The number of tetrazole rings is 1. The van der Waals surface area contributed by atoms with Crippen LogP contribution in [0.5, 0.6) is 0 Å². The van der Waals surface area contributed by atoms with Gasteiger partial charge in [0.05, 0.1) is 10.9 Å². The molecule has 3 aromatic rings. The zero-order chi connectivity index (χ0) is 20.8. The van der Waals surface area contributed by atoms with E-state index in [2.05, 4.69) is 46.0 Å². The van der Waals surface area contributed by atoms with Gasteiger partial charge in [0, 0.05) is 12.5 Å². The average molecular weight is 410 g/mol. The van der Waals surface area contributed by atoms with Gasteiger partial charge in [-0.05, 0) is 60.4 Å². The predicted octanol–water partition coefficient (Wildman–Crippen LogP) is 4.07. The number of thioether (sulfide) groups is 1. The summed E-state index contributed by atoms with van der Waals surface area (Å²) in [5.41, 5.74) is 4.39. The second-order valence-corrected chi connectivity index (χ2v) is 8.49. The quantitative estimate of drug-likeness (QED) is 0.568. The molecule has 2 atom stereocenters. The van der Waals surface area contributed by atoms with Gasteiger partial charge in [0.25, 0.3) is 0 Å². The smallest absolute Gasteiger partial charge is 0.233 e. The number of nitrogens with one attached hydrogen (secondary N) is 1. The third-order valence-electron chi connectivity index (χ3n) is 4.97. The van der Waals surface area contributed by atoms with E-state index >= 15 is 0 Å². The highest BCUT2D eigenvalue weighted by Crippen LogP contribution is 2.25. The molecule has 7 heteroatoms. The summed E-state index contributed by atoms with van der Waals surface area (Å²) in [4.78, 5) is 12.7. The molecular weight excluding hydrogens is 382 g/mol. The van der Waals surface area contributed by atoms with Crippen molar-refractivity contribution in [3.63, 3.8) is 0 Å². The number of carbonyl (C=O) groups is 1. The lowest BCUT2D eigenvalue weighted by molar-refractivity contribution is -0.120. The molecular formula is C22H27N5OS. The molecule has 6 nitrogen and oxygen atoms in total. The Labute approximate surface area is 176 Å². The third-order valence-corrected chi connectivity index (χ3v) is 6.00. The van der Waals surface area contributed by atoms with Crippen molar-refractivity contribution in [2.24, 2.45) is 0 Å². The summed E-state index contributed by atoms with van der Waals surface area (Å²) in [7, 11) is 0. The lowest BCUT2D eigenvalue weighted by atomic mass is 9.96. The molecule has 29 heavy (non-hydrogen) atoms. The van der Waals surface area contributed by atoms with E-state index in [1.165, 1.54) is 17.3 Å². The first-order valence-electron chi connectivity index (χ1n) is 9.85. The molecule has 0 radical (unpaired) electrons. The number of nitrogens with zero attached hydrogens (tertiary/aromatic N) is 4. The third kappa shape index (κ3) is 5.23. The maximum atomic E-state index is 12.7. The number of amides is 1. The van der Waals surface area contributed by atoms with E-state index in [0.29, 0.717) is 17.6 Å². The highest BCUT2D eigenvalue weighted by atomic mass is 32.2. The van der Waals surface area contributed by atoms with Crippen molar-refractivity contribution >= 4 is 17.7 Å². The second-order valence-electron chi connectivity index (χ2n) is 7.18. The molecule has 1 heterocycles. The standard InChI is InChI=1S/C22H27N5OS/c1-5-18(19-9-7-6-8-10-19)14-23-21(28)17(4)29-22-24-25-26-27(22)20-13-15(2)11-12-16(20)3/h6-13,17-18H,5,14H2,1-4H3,(H,23,28)/t17-,18-/m0/s1. The number of hydrogen-bond donors (Lipinski definition) is 1. The Balaban J connectivity index is 1.65. The minimum absolute atomic E-state index is 0.0140. The van der Waals surface area contributed by atoms with E-state index in [9.17, 15) is 4.79 Å². The van der Waals surface area contributed by atoms with Gasteiger partial charge in [0.15, 0.2) is 0 Å². The molecule has 0 aliphatic rings. The molecule has 0 unspecified atom stereocenters. The average Bonchev–Trinajstić information content (AvgIpc) is 3.18. The maximum Gasteiger partial charge on any atom is 0.233 e. The second kappa shape index (κ2) is 9.69. The van der Waals surface area contributed by atoms with Gasteiger partial charge in [-0.2, -0.15) is 4.68 Å². The summed E-state index contributed by atoms with van der Waals surface area (Å²) in [5.74, 6) is 0.289. The Bertz CT molecular complexity index is 957. The molecule has 0 saturated heterocycles. The lowest BCUT2D eigenvalue weighted by Gasteiger charge is -2.18. The van der Waals surface area contributed by atoms with Crippen LogP contribution in [0.25, 0.3) is 5.69 Å². The number of rotatable bonds is 8. The fourth-order valence-electron chi connectivity index (χ4n) is 3.15. The molecule has 2 aromatic carbocycles. The number of benzene rings is 2. The van der Waals surface area contributed by atoms with E-state index in [-0.39, 0.29) is 11.2 Å². The van der Waals surface area contributed by atoms with Crippen molar-refractivity contribution in [3.05, 3.63) is 65.2 Å². The van der Waals surface area contributed by atoms with E-state index in [4.69, 9.17) is 0 Å². The lowest BCUT2D eigenvalue weighted by Crippen LogP contribution is -2.34. The maximum absolute atomic E-state index is 12.7. The molecule has 3 rings (SSSR count). The predicted molar refractivity (Wildman–Crippen MR) is 116 cm³/mol. The van der Waals surface area contributed by atoms with Gasteiger partial charge in [0.1, 0.15) is 0 Å². The largest absolute Gasteiger partial charge is 0.355 e. The van der Waals surface area contributed by atoms with Crippen molar-refractivity contribution in [3.8, 4) is 5.69 Å². The van der Waals surface area contributed by atoms with Crippen molar-refractivity contribution in [2.45, 2.75) is 50.4 Å². The Kier molecular flexibility index (Phi) is 7.04. The van der Waals surface area contributed by atoms with Gasteiger partial charge >= 0.3 is 0 Å². The summed E-state index contributed by atoms with van der Waals surface area (Å²) < 4.78 is 1.70. The van der Waals surface area contributed by atoms with Gasteiger partial charge in [-0.3, -0.25) is 4.79 Å². The fraction of sp³-hybridized carbons (Fsp3) is 0.364. The van der Waals surface area contributed by atoms with Crippen LogP contribution in [-0.4, -0.2) is 37.9 Å². The molecule has 1 N–H and O–H groups in total. The molecule has 0 saturated carbocycles. The minimum atomic E-state index is -0.307. The van der Waals surface area contributed by atoms with Crippen LogP contribution in [0.2, 0.25) is 0 Å². The topological polar surface area (TPSA) is 72.7 Å². The summed E-state index contributed by atoms with van der Waals surface area (Å²) >= 11 is 1.36. The molecule has 152 valence electrons. The Morgan fingerprint density at radius 1 is 1.17 bits per heavy atom. The van der Waals surface area contributed by atoms with Crippen LogP contribution in [0.15, 0.2) is 53.7 Å². The summed E-state index contributed by atoms with van der Waals surface area (Å²) in [5, 5.41) is 15.5. The Hall–Kier alpha value is -2.67. The van der Waals surface area contributed by atoms with Crippen LogP contribution in [-0.2, 0) is 4.79 Å². The highest BCUT2D eigenvalue weighted by molar-refractivity contribution is 8.00. The Morgan fingerprint density at radius 3 is 2.66 bits per heavy atom. The fourth-order valence-corrected chi connectivity index (χ4v) is 3.98. The van der Waals surface area contributed by atoms with Gasteiger partial charge in [0.2, 0.25) is 11.1 Å². The molecule has 0 fully saturated rings. The zero-order valence-electron chi connectivity index (χ0n) is 17.3. The van der Waals surface area contributed by atoms with E-state index in [0.717, 1.165) is 23.2 Å². The highest BCUT2D eigenvalue weighted by Gasteiger charge is 2.21. The number of carbonyl (C=O) groups excluding carboxylic acids is 1. The van der Waals surface area contributed by atoms with Crippen molar-refractivity contribution < 1.29 is 4.79 Å². The van der Waals surface area contributed by atoms with E-state index < -0.39 is 0 Å². The van der Waals surface area contributed by atoms with E-state index in [1.54, 1.807) is 4.68 Å². The number of aromatic nitrogens is 4. The van der Waals surface area contributed by atoms with Crippen LogP contribution in [0.1, 0.15) is 42.9 Å². The van der Waals surface area contributed by atoms with Gasteiger partial charge in [-0.1, -0.05) is 61.2 Å². The van der Waals surface area contributed by atoms with Crippen molar-refractivity contribution in [2.75, 3.05) is 6.54 Å². The van der Waals surface area contributed by atoms with Gasteiger partial charge in [-0.15, -0.1) is 5.10 Å². The van der Waals surface area contributed by atoms with Gasteiger partial charge in [-0.25, -0.2) is 0 Å². The molecule has 0 spiro atoms. The van der Waals surface area contributed by atoms with Gasteiger partial charge < -0.3 is 5.32 Å². The van der Waals surface area contributed by atoms with Crippen LogP contribution < -0.4 is 5.32 Å². The molecule has 1 aromatic heterocycles. The van der Waals surface area contributed by atoms with Crippen LogP contribution in [0.4, 0.5) is 0 Å². The Morgan fingerprint density at radius 2 is 1.93 bits per heavy atom. The zero-order valence-corrected chi connectivity index (χ0v) is 18.1. The van der Waals surface area contributed by atoms with Crippen molar-refractivity contribution in [1.82, 2.24) is 25.5 Å². The van der Waals surface area contributed by atoms with Crippen LogP contribution in [0.3, 0.4) is 0 Å². The first-order chi connectivity index (χ1) is 14.0. The van der Waals surface area contributed by atoms with Crippen LogP contribution >= 0.6 is 11.8 Å². The summed E-state index contributed by atoms with van der Waals surface area (Å²) in [6, 6.07) is 16.4. The van der Waals surface area contributed by atoms with E-state index in [1.807, 2.05) is 51.1 Å². The normalized spacial score (nSPS) is 13.1.